The normalized spacial score (nSPS) is 19.6. The molecule has 2 N–H and O–H groups in total. The number of fused-ring (bicyclic) bond motifs is 3. The first-order chi connectivity index (χ1) is 12.3. The second-order valence-electron chi connectivity index (χ2n) is 7.00. The van der Waals surface area contributed by atoms with Crippen molar-refractivity contribution in [3.63, 3.8) is 0 Å². The van der Waals surface area contributed by atoms with E-state index in [0.29, 0.717) is 18.6 Å². The van der Waals surface area contributed by atoms with E-state index in [-0.39, 0.29) is 0 Å². The van der Waals surface area contributed by atoms with Crippen molar-refractivity contribution in [1.29, 1.82) is 0 Å². The van der Waals surface area contributed by atoms with E-state index in [9.17, 15) is 0 Å². The lowest BCUT2D eigenvalue weighted by atomic mass is 9.83. The van der Waals surface area contributed by atoms with Gasteiger partial charge in [0.1, 0.15) is 6.61 Å². The molecule has 0 spiro atoms. The average Bonchev–Trinajstić information content (AvgIpc) is 3.06. The zero-order chi connectivity index (χ0) is 17.2. The number of rotatable bonds is 5. The second kappa shape index (κ2) is 6.93. The van der Waals surface area contributed by atoms with Crippen LogP contribution in [0.1, 0.15) is 66.7 Å². The van der Waals surface area contributed by atoms with Gasteiger partial charge in [0.2, 0.25) is 0 Å². The molecule has 2 unspecified atom stereocenters. The molecule has 2 aromatic rings. The van der Waals surface area contributed by atoms with Crippen LogP contribution in [-0.2, 0) is 11.3 Å². The minimum Gasteiger partial charge on any atom is -0.495 e. The number of ether oxygens (including phenoxy) is 1. The highest BCUT2D eigenvalue weighted by Gasteiger charge is 2.28. The van der Waals surface area contributed by atoms with Gasteiger partial charge in [-0.05, 0) is 48.5 Å². The third-order valence-electron chi connectivity index (χ3n) is 5.49. The van der Waals surface area contributed by atoms with Gasteiger partial charge in [0.25, 0.3) is 0 Å². The van der Waals surface area contributed by atoms with Gasteiger partial charge in [-0.15, -0.1) is 0 Å². The molecule has 1 aliphatic carbocycles. The third kappa shape index (κ3) is 3.05. The number of H-pyrrole nitrogens is 1. The molecule has 0 bridgehead atoms. The van der Waals surface area contributed by atoms with Gasteiger partial charge in [-0.2, -0.15) is 0 Å². The van der Waals surface area contributed by atoms with E-state index in [0.717, 1.165) is 13.0 Å². The molecule has 3 heteroatoms. The fourth-order valence-corrected chi connectivity index (χ4v) is 3.97. The zero-order valence-corrected chi connectivity index (χ0v) is 15.0. The van der Waals surface area contributed by atoms with Crippen LogP contribution < -0.4 is 5.32 Å². The van der Waals surface area contributed by atoms with Crippen LogP contribution in [0.4, 0.5) is 0 Å². The Bertz CT molecular complexity index is 801. The van der Waals surface area contributed by atoms with Crippen molar-refractivity contribution >= 4 is 11.6 Å². The lowest BCUT2D eigenvalue weighted by Crippen LogP contribution is -2.22. The lowest BCUT2D eigenvalue weighted by molar-refractivity contribution is 0.231. The highest BCUT2D eigenvalue weighted by atomic mass is 16.5. The monoisotopic (exact) mass is 334 g/mol. The van der Waals surface area contributed by atoms with Crippen LogP contribution in [0.15, 0.2) is 42.7 Å². The highest BCUT2D eigenvalue weighted by Crippen LogP contribution is 2.41. The quantitative estimate of drug-likeness (QED) is 0.793. The summed E-state index contributed by atoms with van der Waals surface area (Å²) in [4.78, 5) is 3.65. The molecule has 1 aromatic carbocycles. The zero-order valence-electron chi connectivity index (χ0n) is 15.0. The van der Waals surface area contributed by atoms with Crippen LogP contribution in [0, 0.1) is 0 Å². The molecular formula is C22H26N2O. The van der Waals surface area contributed by atoms with E-state index in [1.165, 1.54) is 40.1 Å². The van der Waals surface area contributed by atoms with Crippen molar-refractivity contribution in [1.82, 2.24) is 10.3 Å². The van der Waals surface area contributed by atoms with E-state index in [4.69, 9.17) is 4.74 Å². The average molecular weight is 334 g/mol. The van der Waals surface area contributed by atoms with E-state index in [2.05, 4.69) is 66.6 Å². The molecule has 2 aliphatic rings. The Morgan fingerprint density at radius 3 is 2.92 bits per heavy atom. The summed E-state index contributed by atoms with van der Waals surface area (Å²) in [5.74, 6) is 0.605. The largest absolute Gasteiger partial charge is 0.495 e. The molecule has 4 rings (SSSR count). The standard InChI is InChI=1S/C22H26N2O/c1-3-16-9-10-18(13-23-15(2)17-7-5-4-6-8-17)22-21(16)19-11-12-25-14-20(19)24-22/h4-8,10-12,15-16,23-24H,3,9,13-14H2,1-2H3. The summed E-state index contributed by atoms with van der Waals surface area (Å²) < 4.78 is 5.49. The second-order valence-corrected chi connectivity index (χ2v) is 7.00. The number of nitrogens with one attached hydrogen (secondary N) is 2. The predicted octanol–water partition coefficient (Wildman–Crippen LogP) is 5.15. The van der Waals surface area contributed by atoms with Gasteiger partial charge in [0, 0.05) is 23.8 Å². The van der Waals surface area contributed by atoms with Crippen LogP contribution in [-0.4, -0.2) is 11.5 Å². The summed E-state index contributed by atoms with van der Waals surface area (Å²) in [6.07, 6.45) is 8.66. The first-order valence-corrected chi connectivity index (χ1v) is 9.28. The molecule has 1 aliphatic heterocycles. The first kappa shape index (κ1) is 16.2. The van der Waals surface area contributed by atoms with Crippen molar-refractivity contribution in [2.24, 2.45) is 0 Å². The molecule has 0 radical (unpaired) electrons. The molecule has 3 nitrogen and oxygen atoms in total. The van der Waals surface area contributed by atoms with Crippen molar-refractivity contribution in [3.05, 3.63) is 70.7 Å². The number of allylic oxidation sites excluding steroid dienone is 1. The van der Waals surface area contributed by atoms with Crippen LogP contribution in [0.2, 0.25) is 0 Å². The van der Waals surface area contributed by atoms with Crippen LogP contribution in [0.3, 0.4) is 0 Å². The van der Waals surface area contributed by atoms with Crippen LogP contribution in [0.25, 0.3) is 11.6 Å². The fourth-order valence-electron chi connectivity index (χ4n) is 3.97. The molecule has 0 amide bonds. The van der Waals surface area contributed by atoms with Gasteiger partial charge in [-0.25, -0.2) is 0 Å². The Labute approximate surface area is 149 Å². The van der Waals surface area contributed by atoms with Gasteiger partial charge in [-0.1, -0.05) is 43.3 Å². The highest BCUT2D eigenvalue weighted by molar-refractivity contribution is 5.76. The summed E-state index contributed by atoms with van der Waals surface area (Å²) in [5.41, 5.74) is 8.08. The number of benzene rings is 1. The maximum absolute atomic E-state index is 5.49. The molecule has 0 saturated heterocycles. The minimum atomic E-state index is 0.335. The molecule has 1 aromatic heterocycles. The van der Waals surface area contributed by atoms with Crippen molar-refractivity contribution in [3.8, 4) is 0 Å². The topological polar surface area (TPSA) is 37.0 Å². The molecule has 2 heterocycles. The van der Waals surface area contributed by atoms with Crippen LogP contribution in [0.5, 0.6) is 0 Å². The Morgan fingerprint density at radius 2 is 2.12 bits per heavy atom. The number of hydrogen-bond acceptors (Lipinski definition) is 2. The van der Waals surface area contributed by atoms with E-state index < -0.39 is 0 Å². The third-order valence-corrected chi connectivity index (χ3v) is 5.49. The molecule has 130 valence electrons. The number of hydrogen-bond donors (Lipinski definition) is 2. The van der Waals surface area contributed by atoms with Gasteiger partial charge < -0.3 is 15.0 Å². The Kier molecular flexibility index (Phi) is 4.50. The summed E-state index contributed by atoms with van der Waals surface area (Å²) in [5, 5.41) is 3.69. The minimum absolute atomic E-state index is 0.335. The molecule has 0 fully saturated rings. The predicted molar refractivity (Wildman–Crippen MR) is 103 cm³/mol. The van der Waals surface area contributed by atoms with Crippen molar-refractivity contribution in [2.75, 3.05) is 6.54 Å². The number of aromatic amines is 1. The van der Waals surface area contributed by atoms with Gasteiger partial charge >= 0.3 is 0 Å². The molecule has 25 heavy (non-hydrogen) atoms. The summed E-state index contributed by atoms with van der Waals surface area (Å²) in [6, 6.07) is 11.0. The first-order valence-electron chi connectivity index (χ1n) is 9.28. The van der Waals surface area contributed by atoms with Crippen molar-refractivity contribution in [2.45, 2.75) is 45.3 Å². The SMILES string of the molecule is CCC1CC=C(CNC(C)c2ccccc2)c2[nH]c3c(c21)C=COC3. The Morgan fingerprint density at radius 1 is 1.28 bits per heavy atom. The maximum Gasteiger partial charge on any atom is 0.128 e. The van der Waals surface area contributed by atoms with E-state index >= 15 is 0 Å². The van der Waals surface area contributed by atoms with E-state index in [1.807, 2.05) is 6.26 Å². The summed E-state index contributed by atoms with van der Waals surface area (Å²) >= 11 is 0. The lowest BCUT2D eigenvalue weighted by Gasteiger charge is -2.24. The van der Waals surface area contributed by atoms with Gasteiger partial charge in [0.05, 0.1) is 12.0 Å². The fraction of sp³-hybridized carbons (Fsp3) is 0.364. The summed E-state index contributed by atoms with van der Waals surface area (Å²) in [6.45, 7) is 6.04. The van der Waals surface area contributed by atoms with Gasteiger partial charge in [-0.3, -0.25) is 0 Å². The van der Waals surface area contributed by atoms with Crippen molar-refractivity contribution < 1.29 is 4.74 Å². The maximum atomic E-state index is 5.49. The molecular weight excluding hydrogens is 308 g/mol. The van der Waals surface area contributed by atoms with Gasteiger partial charge in [0.15, 0.2) is 0 Å². The van der Waals surface area contributed by atoms with E-state index in [1.54, 1.807) is 0 Å². The Hall–Kier alpha value is -2.26. The Balaban J connectivity index is 1.57. The summed E-state index contributed by atoms with van der Waals surface area (Å²) in [7, 11) is 0. The molecule has 2 atom stereocenters. The smallest absolute Gasteiger partial charge is 0.128 e. The molecule has 0 saturated carbocycles. The number of aromatic nitrogens is 1. The van der Waals surface area contributed by atoms with Crippen LogP contribution >= 0.6 is 0 Å².